The summed E-state index contributed by atoms with van der Waals surface area (Å²) in [5.41, 5.74) is 0. The summed E-state index contributed by atoms with van der Waals surface area (Å²) in [5, 5.41) is 17.7. The number of carboxylic acid groups (broad SMARTS) is 1. The lowest BCUT2D eigenvalue weighted by molar-refractivity contribution is -0.137. The highest BCUT2D eigenvalue weighted by atomic mass is 16.4. The molecule has 0 aromatic heterocycles. The Labute approximate surface area is 126 Å². The van der Waals surface area contributed by atoms with Crippen molar-refractivity contribution < 1.29 is 14.7 Å². The van der Waals surface area contributed by atoms with Crippen molar-refractivity contribution in [2.75, 3.05) is 19.6 Å². The highest BCUT2D eigenvalue weighted by Gasteiger charge is 2.30. The maximum atomic E-state index is 12.6. The van der Waals surface area contributed by atoms with E-state index in [2.05, 4.69) is 6.07 Å². The number of carbonyl (C=O) groups is 2. The number of hydrogen-bond acceptors (Lipinski definition) is 3. The summed E-state index contributed by atoms with van der Waals surface area (Å²) in [6.45, 7) is 5.37. The van der Waals surface area contributed by atoms with Gasteiger partial charge in [-0.2, -0.15) is 5.26 Å². The van der Waals surface area contributed by atoms with Gasteiger partial charge in [0.2, 0.25) is 0 Å². The van der Waals surface area contributed by atoms with Crippen molar-refractivity contribution in [1.82, 2.24) is 9.80 Å². The summed E-state index contributed by atoms with van der Waals surface area (Å²) in [5.74, 6) is -1.02. The number of rotatable bonds is 6. The molecule has 0 bridgehead atoms. The lowest BCUT2D eigenvalue weighted by Gasteiger charge is -2.39. The second-order valence-corrected chi connectivity index (χ2v) is 5.63. The van der Waals surface area contributed by atoms with Gasteiger partial charge < -0.3 is 14.9 Å². The molecule has 0 aromatic carbocycles. The Morgan fingerprint density at radius 3 is 2.76 bits per heavy atom. The Balaban J connectivity index is 2.70. The molecule has 0 aliphatic carbocycles. The first kappa shape index (κ1) is 17.3. The molecule has 0 radical (unpaired) electrons. The fraction of sp³-hybridized carbons (Fsp3) is 0.800. The lowest BCUT2D eigenvalue weighted by Crippen LogP contribution is -2.51. The number of hydrogen-bond donors (Lipinski definition) is 1. The molecule has 2 amide bonds. The minimum atomic E-state index is -0.821. The normalized spacial score (nSPS) is 19.7. The number of aliphatic carboxylic acids is 1. The van der Waals surface area contributed by atoms with Crippen molar-refractivity contribution in [3.8, 4) is 6.07 Å². The molecule has 118 valence electrons. The van der Waals surface area contributed by atoms with E-state index in [-0.39, 0.29) is 24.4 Å². The quantitative estimate of drug-likeness (QED) is 0.815. The Morgan fingerprint density at radius 1 is 1.48 bits per heavy atom. The number of nitriles is 1. The van der Waals surface area contributed by atoms with Gasteiger partial charge in [0.15, 0.2) is 0 Å². The van der Waals surface area contributed by atoms with E-state index in [1.165, 1.54) is 0 Å². The maximum Gasteiger partial charge on any atom is 0.320 e. The maximum absolute atomic E-state index is 12.6. The average molecular weight is 295 g/mol. The number of urea groups is 1. The number of piperidine rings is 1. The summed E-state index contributed by atoms with van der Waals surface area (Å²) in [4.78, 5) is 26.9. The van der Waals surface area contributed by atoms with Crippen LogP contribution in [-0.2, 0) is 4.79 Å². The lowest BCUT2D eigenvalue weighted by atomic mass is 9.98. The minimum Gasteiger partial charge on any atom is -0.481 e. The third-order valence-electron chi connectivity index (χ3n) is 3.93. The van der Waals surface area contributed by atoms with E-state index in [0.717, 1.165) is 19.3 Å². The summed E-state index contributed by atoms with van der Waals surface area (Å²) < 4.78 is 0. The predicted molar refractivity (Wildman–Crippen MR) is 78.6 cm³/mol. The summed E-state index contributed by atoms with van der Waals surface area (Å²) >= 11 is 0. The van der Waals surface area contributed by atoms with Crippen LogP contribution in [0.15, 0.2) is 0 Å². The molecule has 6 heteroatoms. The molecule has 1 aliphatic heterocycles. The zero-order chi connectivity index (χ0) is 15.8. The molecule has 1 saturated heterocycles. The van der Waals surface area contributed by atoms with Crippen molar-refractivity contribution in [2.24, 2.45) is 5.92 Å². The van der Waals surface area contributed by atoms with Crippen molar-refractivity contribution in [1.29, 1.82) is 5.26 Å². The zero-order valence-corrected chi connectivity index (χ0v) is 12.9. The van der Waals surface area contributed by atoms with Gasteiger partial charge in [-0.25, -0.2) is 4.79 Å². The molecular weight excluding hydrogens is 270 g/mol. The molecule has 2 unspecified atom stereocenters. The first-order chi connectivity index (χ1) is 9.99. The van der Waals surface area contributed by atoms with Gasteiger partial charge in [-0.1, -0.05) is 0 Å². The van der Waals surface area contributed by atoms with E-state index in [9.17, 15) is 9.59 Å². The molecular formula is C15H25N3O3. The number of carbonyl (C=O) groups excluding carboxylic acids is 1. The number of nitrogens with zero attached hydrogens (tertiary/aromatic N) is 3. The molecule has 2 atom stereocenters. The summed E-state index contributed by atoms with van der Waals surface area (Å²) in [7, 11) is 0. The highest BCUT2D eigenvalue weighted by Crippen LogP contribution is 2.22. The number of amides is 2. The van der Waals surface area contributed by atoms with Crippen molar-refractivity contribution >= 4 is 12.0 Å². The fourth-order valence-electron chi connectivity index (χ4n) is 2.74. The Kier molecular flexibility index (Phi) is 7.00. The van der Waals surface area contributed by atoms with Crippen LogP contribution in [-0.4, -0.2) is 52.6 Å². The predicted octanol–water partition coefficient (Wildman–Crippen LogP) is 2.31. The van der Waals surface area contributed by atoms with E-state index < -0.39 is 5.97 Å². The van der Waals surface area contributed by atoms with Crippen LogP contribution in [0.3, 0.4) is 0 Å². The molecule has 1 N–H and O–H groups in total. The summed E-state index contributed by atoms with van der Waals surface area (Å²) in [6.07, 6.45) is 3.46. The van der Waals surface area contributed by atoms with E-state index in [1.54, 1.807) is 16.7 Å². The van der Waals surface area contributed by atoms with Crippen LogP contribution in [0.1, 0.15) is 46.0 Å². The molecule has 1 rings (SSSR count). The third kappa shape index (κ3) is 5.25. The van der Waals surface area contributed by atoms with Gasteiger partial charge in [-0.3, -0.25) is 4.79 Å². The molecule has 0 spiro atoms. The number of carboxylic acids is 1. The Morgan fingerprint density at radius 2 is 2.19 bits per heavy atom. The first-order valence-corrected chi connectivity index (χ1v) is 7.66. The van der Waals surface area contributed by atoms with Crippen molar-refractivity contribution in [2.45, 2.75) is 52.0 Å². The summed E-state index contributed by atoms with van der Waals surface area (Å²) in [6, 6.07) is 2.10. The van der Waals surface area contributed by atoms with Gasteiger partial charge in [-0.15, -0.1) is 0 Å². The van der Waals surface area contributed by atoms with Gasteiger partial charge in [0.25, 0.3) is 0 Å². The van der Waals surface area contributed by atoms with Crippen LogP contribution >= 0.6 is 0 Å². The molecule has 0 aromatic rings. The Hall–Kier alpha value is -1.77. The second kappa shape index (κ2) is 8.50. The second-order valence-electron chi connectivity index (χ2n) is 5.63. The highest BCUT2D eigenvalue weighted by molar-refractivity contribution is 5.75. The van der Waals surface area contributed by atoms with Crippen LogP contribution < -0.4 is 0 Å². The van der Waals surface area contributed by atoms with E-state index in [1.807, 2.05) is 6.92 Å². The monoisotopic (exact) mass is 295 g/mol. The van der Waals surface area contributed by atoms with E-state index >= 15 is 0 Å². The molecule has 1 heterocycles. The Bertz CT molecular complexity index is 405. The van der Waals surface area contributed by atoms with E-state index in [0.29, 0.717) is 26.1 Å². The average Bonchev–Trinajstić information content (AvgIpc) is 2.49. The van der Waals surface area contributed by atoms with Crippen LogP contribution in [0.2, 0.25) is 0 Å². The third-order valence-corrected chi connectivity index (χ3v) is 3.93. The number of likely N-dealkylation sites (tertiary alicyclic amines) is 1. The van der Waals surface area contributed by atoms with Gasteiger partial charge in [0, 0.05) is 32.1 Å². The van der Waals surface area contributed by atoms with Gasteiger partial charge in [-0.05, 0) is 39.5 Å². The minimum absolute atomic E-state index is 0.00814. The van der Waals surface area contributed by atoms with Crippen LogP contribution in [0.25, 0.3) is 0 Å². The van der Waals surface area contributed by atoms with Crippen LogP contribution in [0, 0.1) is 17.2 Å². The molecule has 0 saturated carbocycles. The van der Waals surface area contributed by atoms with Crippen molar-refractivity contribution in [3.63, 3.8) is 0 Å². The van der Waals surface area contributed by atoms with Crippen molar-refractivity contribution in [3.05, 3.63) is 0 Å². The molecule has 6 nitrogen and oxygen atoms in total. The fourth-order valence-corrected chi connectivity index (χ4v) is 2.74. The van der Waals surface area contributed by atoms with Gasteiger partial charge >= 0.3 is 12.0 Å². The van der Waals surface area contributed by atoms with Crippen LogP contribution in [0.4, 0.5) is 4.79 Å². The topological polar surface area (TPSA) is 84.6 Å². The van der Waals surface area contributed by atoms with Crippen LogP contribution in [0.5, 0.6) is 0 Å². The smallest absolute Gasteiger partial charge is 0.320 e. The standard InChI is InChI=1S/C15H25N3O3/c1-3-17(11-12(2)10-16)15(21)18-9-5-4-6-13(18)7-8-14(19)20/h12-13H,3-9,11H2,1-2H3,(H,19,20). The molecule has 1 fully saturated rings. The van der Waals surface area contributed by atoms with Gasteiger partial charge in [0.05, 0.1) is 12.0 Å². The van der Waals surface area contributed by atoms with E-state index in [4.69, 9.17) is 10.4 Å². The first-order valence-electron chi connectivity index (χ1n) is 7.66. The molecule has 21 heavy (non-hydrogen) atoms. The van der Waals surface area contributed by atoms with Gasteiger partial charge in [0.1, 0.15) is 0 Å². The zero-order valence-electron chi connectivity index (χ0n) is 12.9. The molecule has 1 aliphatic rings. The SMILES string of the molecule is CCN(CC(C)C#N)C(=O)N1CCCCC1CCC(=O)O. The largest absolute Gasteiger partial charge is 0.481 e.